The van der Waals surface area contributed by atoms with Crippen LogP contribution in [0.2, 0.25) is 0 Å². The molecule has 2 unspecified atom stereocenters. The number of amides is 1. The molecule has 0 spiro atoms. The van der Waals surface area contributed by atoms with Crippen molar-refractivity contribution in [2.75, 3.05) is 13.2 Å². The third kappa shape index (κ3) is 5.90. The van der Waals surface area contributed by atoms with Gasteiger partial charge in [-0.15, -0.1) is 0 Å². The van der Waals surface area contributed by atoms with Crippen LogP contribution in [0.4, 0.5) is 0 Å². The standard InChI is InChI=1S/C17H23NO5/c1-12(18-16(19)9-8-14-3-2-10-22-14)13-4-6-15(7-5-13)23-11-17(20)21/h4-7,12,14H,2-3,8-11H2,1H3,(H,18,19)(H,20,21). The molecule has 1 aliphatic rings. The summed E-state index contributed by atoms with van der Waals surface area (Å²) in [4.78, 5) is 22.4. The lowest BCUT2D eigenvalue weighted by molar-refractivity contribution is -0.139. The van der Waals surface area contributed by atoms with Crippen molar-refractivity contribution in [1.82, 2.24) is 5.32 Å². The smallest absolute Gasteiger partial charge is 0.341 e. The Morgan fingerprint density at radius 1 is 1.39 bits per heavy atom. The molecule has 0 radical (unpaired) electrons. The Bertz CT molecular complexity index is 522. The van der Waals surface area contributed by atoms with Crippen LogP contribution in [0, 0.1) is 0 Å². The molecule has 126 valence electrons. The molecule has 1 saturated heterocycles. The topological polar surface area (TPSA) is 84.9 Å². The van der Waals surface area contributed by atoms with Gasteiger partial charge in [-0.25, -0.2) is 4.79 Å². The maximum atomic E-state index is 12.0. The zero-order valence-electron chi connectivity index (χ0n) is 13.3. The summed E-state index contributed by atoms with van der Waals surface area (Å²) >= 11 is 0. The number of carbonyl (C=O) groups is 2. The van der Waals surface area contributed by atoms with Gasteiger partial charge in [0.2, 0.25) is 5.91 Å². The van der Waals surface area contributed by atoms with Crippen molar-refractivity contribution in [2.45, 2.75) is 44.8 Å². The number of nitrogens with one attached hydrogen (secondary N) is 1. The fourth-order valence-electron chi connectivity index (χ4n) is 2.56. The highest BCUT2D eigenvalue weighted by Crippen LogP contribution is 2.19. The summed E-state index contributed by atoms with van der Waals surface area (Å²) in [7, 11) is 0. The number of benzene rings is 1. The second-order valence-corrected chi connectivity index (χ2v) is 5.71. The van der Waals surface area contributed by atoms with Crippen LogP contribution in [0.3, 0.4) is 0 Å². The van der Waals surface area contributed by atoms with Crippen molar-refractivity contribution in [3.8, 4) is 5.75 Å². The molecule has 0 bridgehead atoms. The molecule has 0 aromatic heterocycles. The molecule has 1 amide bonds. The average Bonchev–Trinajstić information content (AvgIpc) is 3.05. The van der Waals surface area contributed by atoms with E-state index in [2.05, 4.69) is 5.32 Å². The maximum absolute atomic E-state index is 12.0. The average molecular weight is 321 g/mol. The summed E-state index contributed by atoms with van der Waals surface area (Å²) in [5, 5.41) is 11.5. The quantitative estimate of drug-likeness (QED) is 0.767. The molecule has 2 atom stereocenters. The minimum Gasteiger partial charge on any atom is -0.482 e. The minimum atomic E-state index is -1.01. The Balaban J connectivity index is 1.76. The Labute approximate surface area is 135 Å². The van der Waals surface area contributed by atoms with E-state index in [4.69, 9.17) is 14.6 Å². The first-order valence-electron chi connectivity index (χ1n) is 7.90. The van der Waals surface area contributed by atoms with Crippen LogP contribution in [0.25, 0.3) is 0 Å². The van der Waals surface area contributed by atoms with Crippen LogP contribution in [0.15, 0.2) is 24.3 Å². The van der Waals surface area contributed by atoms with Gasteiger partial charge in [-0.1, -0.05) is 12.1 Å². The van der Waals surface area contributed by atoms with Crippen LogP contribution in [-0.2, 0) is 14.3 Å². The van der Waals surface area contributed by atoms with Gasteiger partial charge in [-0.2, -0.15) is 0 Å². The van der Waals surface area contributed by atoms with Crippen LogP contribution in [-0.4, -0.2) is 36.3 Å². The number of carbonyl (C=O) groups excluding carboxylic acids is 1. The first-order valence-corrected chi connectivity index (χ1v) is 7.90. The van der Waals surface area contributed by atoms with Gasteiger partial charge in [-0.05, 0) is 43.9 Å². The van der Waals surface area contributed by atoms with Gasteiger partial charge in [0.15, 0.2) is 6.61 Å². The molecule has 1 aromatic carbocycles. The SMILES string of the molecule is CC(NC(=O)CCC1CCCO1)c1ccc(OCC(=O)O)cc1. The molecule has 23 heavy (non-hydrogen) atoms. The molecule has 1 aromatic rings. The normalized spacial score (nSPS) is 18.4. The van der Waals surface area contributed by atoms with E-state index in [9.17, 15) is 9.59 Å². The lowest BCUT2D eigenvalue weighted by Crippen LogP contribution is -2.27. The van der Waals surface area contributed by atoms with Crippen molar-refractivity contribution in [3.05, 3.63) is 29.8 Å². The number of hydrogen-bond donors (Lipinski definition) is 2. The molecule has 6 nitrogen and oxygen atoms in total. The second-order valence-electron chi connectivity index (χ2n) is 5.71. The Kier molecular flexibility index (Phi) is 6.40. The lowest BCUT2D eigenvalue weighted by atomic mass is 10.1. The van der Waals surface area contributed by atoms with E-state index < -0.39 is 5.97 Å². The van der Waals surface area contributed by atoms with Crippen LogP contribution in [0.1, 0.15) is 44.2 Å². The van der Waals surface area contributed by atoms with Gasteiger partial charge in [0.1, 0.15) is 5.75 Å². The Morgan fingerprint density at radius 2 is 2.13 bits per heavy atom. The van der Waals surface area contributed by atoms with Crippen molar-refractivity contribution < 1.29 is 24.2 Å². The molecular formula is C17H23NO5. The molecular weight excluding hydrogens is 298 g/mol. The first-order chi connectivity index (χ1) is 11.0. The third-order valence-electron chi connectivity index (χ3n) is 3.84. The van der Waals surface area contributed by atoms with Crippen LogP contribution >= 0.6 is 0 Å². The molecule has 0 aliphatic carbocycles. The molecule has 2 rings (SSSR count). The first kappa shape index (κ1) is 17.3. The molecule has 1 heterocycles. The summed E-state index contributed by atoms with van der Waals surface area (Å²) in [6.45, 7) is 2.35. The molecule has 1 fully saturated rings. The zero-order chi connectivity index (χ0) is 16.7. The summed E-state index contributed by atoms with van der Waals surface area (Å²) in [6, 6.07) is 6.94. The zero-order valence-corrected chi connectivity index (χ0v) is 13.3. The highest BCUT2D eigenvalue weighted by molar-refractivity contribution is 5.76. The van der Waals surface area contributed by atoms with Crippen LogP contribution < -0.4 is 10.1 Å². The van der Waals surface area contributed by atoms with Crippen molar-refractivity contribution in [2.24, 2.45) is 0 Å². The van der Waals surface area contributed by atoms with Crippen molar-refractivity contribution in [3.63, 3.8) is 0 Å². The Morgan fingerprint density at radius 3 is 2.74 bits per heavy atom. The number of hydrogen-bond acceptors (Lipinski definition) is 4. The predicted molar refractivity (Wildman–Crippen MR) is 84.3 cm³/mol. The molecule has 2 N–H and O–H groups in total. The van der Waals surface area contributed by atoms with E-state index in [0.717, 1.165) is 31.4 Å². The van der Waals surface area contributed by atoms with Gasteiger partial charge in [-0.3, -0.25) is 4.79 Å². The fraction of sp³-hybridized carbons (Fsp3) is 0.529. The van der Waals surface area contributed by atoms with E-state index in [1.807, 2.05) is 19.1 Å². The number of aliphatic carboxylic acids is 1. The van der Waals surface area contributed by atoms with Gasteiger partial charge in [0, 0.05) is 13.0 Å². The summed E-state index contributed by atoms with van der Waals surface area (Å²) in [5.41, 5.74) is 0.943. The largest absolute Gasteiger partial charge is 0.482 e. The molecule has 6 heteroatoms. The number of carboxylic acid groups (broad SMARTS) is 1. The second kappa shape index (κ2) is 8.53. The molecule has 1 aliphatic heterocycles. The predicted octanol–water partition coefficient (Wildman–Crippen LogP) is 2.29. The third-order valence-corrected chi connectivity index (χ3v) is 3.84. The van der Waals surface area contributed by atoms with Crippen molar-refractivity contribution >= 4 is 11.9 Å². The highest BCUT2D eigenvalue weighted by atomic mass is 16.5. The van der Waals surface area contributed by atoms with Gasteiger partial charge in [0.25, 0.3) is 0 Å². The van der Waals surface area contributed by atoms with Gasteiger partial charge in [0.05, 0.1) is 12.1 Å². The Hall–Kier alpha value is -2.08. The molecule has 0 saturated carbocycles. The highest BCUT2D eigenvalue weighted by Gasteiger charge is 2.17. The lowest BCUT2D eigenvalue weighted by Gasteiger charge is -2.16. The number of carboxylic acids is 1. The summed E-state index contributed by atoms with van der Waals surface area (Å²) < 4.78 is 10.6. The monoisotopic (exact) mass is 321 g/mol. The maximum Gasteiger partial charge on any atom is 0.341 e. The minimum absolute atomic E-state index is 0.0132. The van der Waals surface area contributed by atoms with Crippen molar-refractivity contribution in [1.29, 1.82) is 0 Å². The number of ether oxygens (including phenoxy) is 2. The van der Waals surface area contributed by atoms with E-state index >= 15 is 0 Å². The number of rotatable bonds is 8. The van der Waals surface area contributed by atoms with E-state index in [-0.39, 0.29) is 24.7 Å². The van der Waals surface area contributed by atoms with E-state index in [1.165, 1.54) is 0 Å². The summed E-state index contributed by atoms with van der Waals surface area (Å²) in [6.07, 6.45) is 3.58. The fourth-order valence-corrected chi connectivity index (χ4v) is 2.56. The van der Waals surface area contributed by atoms with E-state index in [1.54, 1.807) is 12.1 Å². The summed E-state index contributed by atoms with van der Waals surface area (Å²) in [5.74, 6) is -0.506. The van der Waals surface area contributed by atoms with Gasteiger partial charge >= 0.3 is 5.97 Å². The van der Waals surface area contributed by atoms with E-state index in [0.29, 0.717) is 12.2 Å². The van der Waals surface area contributed by atoms with Crippen LogP contribution in [0.5, 0.6) is 5.75 Å². The van der Waals surface area contributed by atoms with Gasteiger partial charge < -0.3 is 19.9 Å².